The summed E-state index contributed by atoms with van der Waals surface area (Å²) in [7, 11) is 0. The van der Waals surface area contributed by atoms with Gasteiger partial charge >= 0.3 is 0 Å². The summed E-state index contributed by atoms with van der Waals surface area (Å²) in [5, 5.41) is 2.71. The molecule has 1 aromatic rings. The van der Waals surface area contributed by atoms with Crippen LogP contribution >= 0.6 is 0 Å². The molecule has 0 atom stereocenters. The monoisotopic (exact) mass is 339 g/mol. The lowest BCUT2D eigenvalue weighted by Gasteiger charge is -2.24. The predicted octanol–water partition coefficient (Wildman–Crippen LogP) is 6.17. The van der Waals surface area contributed by atoms with E-state index in [1.54, 1.807) is 6.07 Å². The smallest absolute Gasteiger partial charge is 0.256 e. The molecule has 0 saturated heterocycles. The zero-order valence-electron chi connectivity index (χ0n) is 15.6. The van der Waals surface area contributed by atoms with Gasteiger partial charge in [0.05, 0.1) is 11.3 Å². The van der Waals surface area contributed by atoms with Crippen LogP contribution in [0.3, 0.4) is 0 Å². The van der Waals surface area contributed by atoms with Crippen LogP contribution in [0.15, 0.2) is 46.1 Å². The minimum absolute atomic E-state index is 0.178. The topological polar surface area (TPSA) is 29.1 Å². The summed E-state index contributed by atoms with van der Waals surface area (Å²) < 4.78 is 14.0. The van der Waals surface area contributed by atoms with Crippen molar-refractivity contribution in [1.82, 2.24) is 0 Å². The second-order valence-corrected chi connectivity index (χ2v) is 7.08. The van der Waals surface area contributed by atoms with Crippen LogP contribution in [-0.2, 0) is 4.79 Å². The van der Waals surface area contributed by atoms with Crippen LogP contribution in [0.2, 0.25) is 0 Å². The van der Waals surface area contributed by atoms with Crippen molar-refractivity contribution in [3.05, 3.63) is 57.4 Å². The van der Waals surface area contributed by atoms with Crippen LogP contribution in [0, 0.1) is 5.82 Å². The number of rotatable bonds is 3. The molecule has 2 nitrogen and oxygen atoms in total. The van der Waals surface area contributed by atoms with Crippen molar-refractivity contribution in [3.63, 3.8) is 0 Å². The van der Waals surface area contributed by atoms with Crippen molar-refractivity contribution in [2.45, 2.75) is 59.8 Å². The highest BCUT2D eigenvalue weighted by Gasteiger charge is 2.31. The Morgan fingerprint density at radius 1 is 1.24 bits per heavy atom. The molecule has 1 heterocycles. The van der Waals surface area contributed by atoms with Gasteiger partial charge < -0.3 is 5.32 Å². The summed E-state index contributed by atoms with van der Waals surface area (Å²) in [6.07, 6.45) is 5.18. The van der Waals surface area contributed by atoms with Gasteiger partial charge in [0.1, 0.15) is 5.82 Å². The summed E-state index contributed by atoms with van der Waals surface area (Å²) in [6.45, 7) is 8.71. The number of benzene rings is 1. The van der Waals surface area contributed by atoms with Crippen molar-refractivity contribution >= 4 is 17.2 Å². The molecule has 1 amide bonds. The number of hydrogen-bond donors (Lipinski definition) is 1. The van der Waals surface area contributed by atoms with Gasteiger partial charge in [0.25, 0.3) is 5.91 Å². The Balaban J connectivity index is 2.17. The quantitative estimate of drug-likeness (QED) is 0.656. The number of fused-ring (bicyclic) bond motifs is 1. The molecule has 0 spiro atoms. The number of nitrogens with one attached hydrogen (secondary N) is 1. The van der Waals surface area contributed by atoms with E-state index in [-0.39, 0.29) is 11.7 Å². The van der Waals surface area contributed by atoms with Crippen molar-refractivity contribution in [3.8, 4) is 0 Å². The molecule has 132 valence electrons. The van der Waals surface area contributed by atoms with Crippen molar-refractivity contribution < 1.29 is 9.18 Å². The number of halogens is 1. The van der Waals surface area contributed by atoms with Gasteiger partial charge in [-0.25, -0.2) is 4.39 Å². The second-order valence-electron chi connectivity index (χ2n) is 7.08. The minimum Gasteiger partial charge on any atom is -0.319 e. The number of para-hydroxylation sites is 1. The lowest BCUT2D eigenvalue weighted by molar-refractivity contribution is -0.110. The van der Waals surface area contributed by atoms with E-state index in [2.05, 4.69) is 33.0 Å². The SMILES string of the molecule is CCC/C(C)=C(/C)C1=C(C)/C(=C2\C(=O)Nc3c(F)cccc32)CCC1. The summed E-state index contributed by atoms with van der Waals surface area (Å²) in [4.78, 5) is 12.6. The maximum atomic E-state index is 14.0. The van der Waals surface area contributed by atoms with E-state index in [1.165, 1.54) is 28.4 Å². The first-order chi connectivity index (χ1) is 12.0. The third-order valence-corrected chi connectivity index (χ3v) is 5.53. The normalized spacial score (nSPS) is 21.2. The Kier molecular flexibility index (Phi) is 4.94. The number of allylic oxidation sites excluding steroid dienone is 5. The predicted molar refractivity (Wildman–Crippen MR) is 102 cm³/mol. The highest BCUT2D eigenvalue weighted by atomic mass is 19.1. The first-order valence-electron chi connectivity index (χ1n) is 9.15. The van der Waals surface area contributed by atoms with Crippen LogP contribution in [0.4, 0.5) is 10.1 Å². The molecule has 3 rings (SSSR count). The van der Waals surface area contributed by atoms with Crippen molar-refractivity contribution in [2.75, 3.05) is 5.32 Å². The largest absolute Gasteiger partial charge is 0.319 e. The Hall–Kier alpha value is -2.16. The first kappa shape index (κ1) is 17.7. The highest BCUT2D eigenvalue weighted by Crippen LogP contribution is 2.43. The van der Waals surface area contributed by atoms with Gasteiger partial charge in [0, 0.05) is 5.56 Å². The minimum atomic E-state index is -0.367. The fraction of sp³-hybridized carbons (Fsp3) is 0.409. The van der Waals surface area contributed by atoms with E-state index in [9.17, 15) is 9.18 Å². The molecular formula is C22H26FNO. The average Bonchev–Trinajstić information content (AvgIpc) is 2.92. The summed E-state index contributed by atoms with van der Waals surface area (Å²) in [6, 6.07) is 4.91. The standard InChI is InChI=1S/C22H26FNO/c1-5-8-13(2)14(3)16-9-6-10-17(15(16)4)20-18-11-7-12-19(23)21(18)24-22(20)25/h7,11-12H,5-6,8-10H2,1-4H3,(H,24,25)/b14-13-,20-17-. The van der Waals surface area contributed by atoms with Crippen LogP contribution < -0.4 is 5.32 Å². The third-order valence-electron chi connectivity index (χ3n) is 5.53. The molecule has 0 radical (unpaired) electrons. The Labute approximate surface area is 149 Å². The van der Waals surface area contributed by atoms with E-state index >= 15 is 0 Å². The number of amides is 1. The van der Waals surface area contributed by atoms with Crippen molar-refractivity contribution in [1.29, 1.82) is 0 Å². The van der Waals surface area contributed by atoms with Gasteiger partial charge in [-0.2, -0.15) is 0 Å². The molecule has 1 N–H and O–H groups in total. The molecule has 25 heavy (non-hydrogen) atoms. The molecule has 0 bridgehead atoms. The number of anilines is 1. The Morgan fingerprint density at radius 3 is 2.72 bits per heavy atom. The molecule has 1 aromatic carbocycles. The molecule has 1 aliphatic heterocycles. The molecule has 2 aliphatic rings. The summed E-state index contributed by atoms with van der Waals surface area (Å²) >= 11 is 0. The van der Waals surface area contributed by atoms with E-state index < -0.39 is 0 Å². The van der Waals surface area contributed by atoms with Gasteiger partial charge in [-0.3, -0.25) is 4.79 Å². The van der Waals surface area contributed by atoms with Crippen LogP contribution in [0.5, 0.6) is 0 Å². The zero-order valence-corrected chi connectivity index (χ0v) is 15.6. The van der Waals surface area contributed by atoms with Crippen LogP contribution in [0.1, 0.15) is 65.4 Å². The van der Waals surface area contributed by atoms with E-state index in [0.717, 1.165) is 37.7 Å². The number of hydrogen-bond acceptors (Lipinski definition) is 1. The van der Waals surface area contributed by atoms with Crippen LogP contribution in [-0.4, -0.2) is 5.91 Å². The first-order valence-corrected chi connectivity index (χ1v) is 9.15. The maximum Gasteiger partial charge on any atom is 0.256 e. The Morgan fingerprint density at radius 2 is 2.00 bits per heavy atom. The van der Waals surface area contributed by atoms with Gasteiger partial charge in [0.15, 0.2) is 0 Å². The lowest BCUT2D eigenvalue weighted by atomic mass is 9.80. The van der Waals surface area contributed by atoms with Gasteiger partial charge in [-0.05, 0) is 74.8 Å². The molecular weight excluding hydrogens is 313 g/mol. The van der Waals surface area contributed by atoms with E-state index in [4.69, 9.17) is 0 Å². The maximum absolute atomic E-state index is 14.0. The molecule has 0 unspecified atom stereocenters. The molecule has 0 fully saturated rings. The number of carbonyl (C=O) groups is 1. The average molecular weight is 339 g/mol. The van der Waals surface area contributed by atoms with Gasteiger partial charge in [-0.15, -0.1) is 0 Å². The molecule has 1 aliphatic carbocycles. The van der Waals surface area contributed by atoms with E-state index in [1.807, 2.05) is 6.07 Å². The lowest BCUT2D eigenvalue weighted by Crippen LogP contribution is -2.11. The second kappa shape index (κ2) is 6.99. The third kappa shape index (κ3) is 3.08. The van der Waals surface area contributed by atoms with Gasteiger partial charge in [-0.1, -0.05) is 31.1 Å². The fourth-order valence-electron chi connectivity index (χ4n) is 4.06. The van der Waals surface area contributed by atoms with Crippen molar-refractivity contribution in [2.24, 2.45) is 0 Å². The zero-order chi connectivity index (χ0) is 18.1. The van der Waals surface area contributed by atoms with Gasteiger partial charge in [0.2, 0.25) is 0 Å². The fourth-order valence-corrected chi connectivity index (χ4v) is 4.06. The summed E-state index contributed by atoms with van der Waals surface area (Å²) in [5.41, 5.74) is 8.09. The number of carbonyl (C=O) groups excluding carboxylic acids is 1. The summed E-state index contributed by atoms with van der Waals surface area (Å²) in [5.74, 6) is -0.545. The molecule has 0 saturated carbocycles. The van der Waals surface area contributed by atoms with E-state index in [0.29, 0.717) is 16.8 Å². The molecule has 0 aromatic heterocycles. The van der Waals surface area contributed by atoms with Crippen LogP contribution in [0.25, 0.3) is 5.57 Å². The highest BCUT2D eigenvalue weighted by molar-refractivity contribution is 6.32. The molecule has 3 heteroatoms. The Bertz CT molecular complexity index is 826.